The Morgan fingerprint density at radius 2 is 2.00 bits per heavy atom. The summed E-state index contributed by atoms with van der Waals surface area (Å²) in [5.74, 6) is -0.145. The summed E-state index contributed by atoms with van der Waals surface area (Å²) in [5.41, 5.74) is 0.172. The first-order chi connectivity index (χ1) is 9.99. The van der Waals surface area contributed by atoms with Gasteiger partial charge in [0.15, 0.2) is 0 Å². The molecule has 2 N–H and O–H groups in total. The molecular weight excluding hydrogens is 277 g/mol. The summed E-state index contributed by atoms with van der Waals surface area (Å²) in [6, 6.07) is 4.46. The highest BCUT2D eigenvalue weighted by atomic mass is 19.1. The minimum Gasteiger partial charge on any atom is -0.496 e. The van der Waals surface area contributed by atoms with Crippen LogP contribution >= 0.6 is 0 Å². The van der Waals surface area contributed by atoms with Crippen molar-refractivity contribution in [3.05, 3.63) is 29.6 Å². The summed E-state index contributed by atoms with van der Waals surface area (Å²) in [5, 5.41) is 19.8. The molecule has 5 nitrogen and oxygen atoms in total. The minimum atomic E-state index is -0.955. The molecule has 0 aliphatic rings. The Labute approximate surface area is 124 Å². The third kappa shape index (κ3) is 5.59. The van der Waals surface area contributed by atoms with E-state index < -0.39 is 18.0 Å². The maximum atomic E-state index is 13.8. The van der Waals surface area contributed by atoms with Crippen molar-refractivity contribution in [1.82, 2.24) is 4.90 Å². The van der Waals surface area contributed by atoms with Gasteiger partial charge in [0, 0.05) is 20.2 Å². The molecule has 6 heteroatoms. The highest BCUT2D eigenvalue weighted by molar-refractivity contribution is 5.36. The van der Waals surface area contributed by atoms with Crippen LogP contribution in [0.15, 0.2) is 18.2 Å². The molecule has 0 saturated heterocycles. The predicted molar refractivity (Wildman–Crippen MR) is 77.9 cm³/mol. The van der Waals surface area contributed by atoms with E-state index in [4.69, 9.17) is 9.47 Å². The Hall–Kier alpha value is -1.21. The number of nitrogens with zero attached hydrogens (tertiary/aromatic N) is 1. The first kappa shape index (κ1) is 17.8. The Morgan fingerprint density at radius 1 is 1.29 bits per heavy atom. The normalized spacial score (nSPS) is 14.2. The number of ether oxygens (including phenoxy) is 2. The lowest BCUT2D eigenvalue weighted by Gasteiger charge is -2.22. The van der Waals surface area contributed by atoms with Gasteiger partial charge in [-0.25, -0.2) is 4.39 Å². The van der Waals surface area contributed by atoms with E-state index in [1.807, 2.05) is 11.9 Å². The summed E-state index contributed by atoms with van der Waals surface area (Å²) >= 11 is 0. The lowest BCUT2D eigenvalue weighted by atomic mass is 10.0. The summed E-state index contributed by atoms with van der Waals surface area (Å²) in [4.78, 5) is 1.86. The van der Waals surface area contributed by atoms with E-state index >= 15 is 0 Å². The number of hydrogen-bond donors (Lipinski definition) is 2. The van der Waals surface area contributed by atoms with Gasteiger partial charge in [0.05, 0.1) is 31.5 Å². The zero-order valence-corrected chi connectivity index (χ0v) is 12.8. The fraction of sp³-hybridized carbons (Fsp3) is 0.600. The first-order valence-electron chi connectivity index (χ1n) is 6.85. The molecule has 0 aliphatic carbocycles. The number of methoxy groups -OCH3 is 2. The molecule has 1 aromatic carbocycles. The van der Waals surface area contributed by atoms with E-state index in [0.717, 1.165) is 0 Å². The van der Waals surface area contributed by atoms with Crippen LogP contribution in [0.3, 0.4) is 0 Å². The maximum absolute atomic E-state index is 13.8. The van der Waals surface area contributed by atoms with Crippen molar-refractivity contribution in [3.63, 3.8) is 0 Å². The highest BCUT2D eigenvalue weighted by Gasteiger charge is 2.19. The van der Waals surface area contributed by atoms with Gasteiger partial charge in [-0.3, -0.25) is 0 Å². The molecule has 1 rings (SSSR count). The lowest BCUT2D eigenvalue weighted by molar-refractivity contribution is 0.0396. The van der Waals surface area contributed by atoms with E-state index in [1.165, 1.54) is 26.4 Å². The molecule has 0 radical (unpaired) electrons. The van der Waals surface area contributed by atoms with Crippen molar-refractivity contribution >= 4 is 0 Å². The second-order valence-corrected chi connectivity index (χ2v) is 5.03. The van der Waals surface area contributed by atoms with Crippen molar-refractivity contribution in [2.75, 3.05) is 41.0 Å². The summed E-state index contributed by atoms with van der Waals surface area (Å²) < 4.78 is 23.7. The fourth-order valence-electron chi connectivity index (χ4n) is 2.20. The van der Waals surface area contributed by atoms with E-state index in [9.17, 15) is 14.6 Å². The van der Waals surface area contributed by atoms with Gasteiger partial charge >= 0.3 is 0 Å². The van der Waals surface area contributed by atoms with Gasteiger partial charge in [-0.2, -0.15) is 0 Å². The molecule has 0 heterocycles. The molecule has 120 valence electrons. The molecular formula is C15H24FNO4. The van der Waals surface area contributed by atoms with Gasteiger partial charge in [-0.05, 0) is 25.6 Å². The zero-order chi connectivity index (χ0) is 15.8. The topological polar surface area (TPSA) is 62.2 Å². The number of rotatable bonds is 9. The van der Waals surface area contributed by atoms with Gasteiger partial charge in [0.2, 0.25) is 0 Å². The molecule has 0 saturated carbocycles. The number of aliphatic hydroxyl groups excluding tert-OH is 2. The average molecular weight is 301 g/mol. The van der Waals surface area contributed by atoms with Crippen LogP contribution in [0, 0.1) is 5.82 Å². The predicted octanol–water partition coefficient (Wildman–Crippen LogP) is 1.20. The van der Waals surface area contributed by atoms with Crippen LogP contribution in [0.4, 0.5) is 4.39 Å². The van der Waals surface area contributed by atoms with Crippen LogP contribution in [0.1, 0.15) is 18.1 Å². The van der Waals surface area contributed by atoms with Crippen LogP contribution in [-0.4, -0.2) is 62.2 Å². The standard InChI is InChI=1S/C15H24FNO4/c1-17(9-11(18)10-20-2)8-7-13(19)15-12(16)5-4-6-14(15)21-3/h4-6,11,13,18-19H,7-10H2,1-3H3. The van der Waals surface area contributed by atoms with E-state index in [-0.39, 0.29) is 12.2 Å². The van der Waals surface area contributed by atoms with E-state index in [2.05, 4.69) is 0 Å². The molecule has 0 aliphatic heterocycles. The Balaban J connectivity index is 2.56. The van der Waals surface area contributed by atoms with Crippen molar-refractivity contribution in [3.8, 4) is 5.75 Å². The third-order valence-electron chi connectivity index (χ3n) is 3.23. The summed E-state index contributed by atoms with van der Waals surface area (Å²) in [6.45, 7) is 1.20. The average Bonchev–Trinajstić information content (AvgIpc) is 2.44. The fourth-order valence-corrected chi connectivity index (χ4v) is 2.20. The Bertz CT molecular complexity index is 430. The van der Waals surface area contributed by atoms with Gasteiger partial charge in [-0.1, -0.05) is 6.07 Å². The largest absolute Gasteiger partial charge is 0.496 e. The summed E-state index contributed by atoms with van der Waals surface area (Å²) in [6.07, 6.45) is -1.20. The van der Waals surface area contributed by atoms with Crippen molar-refractivity contribution in [1.29, 1.82) is 0 Å². The van der Waals surface area contributed by atoms with Gasteiger partial charge in [0.25, 0.3) is 0 Å². The smallest absolute Gasteiger partial charge is 0.132 e. The molecule has 21 heavy (non-hydrogen) atoms. The SMILES string of the molecule is COCC(O)CN(C)CCC(O)c1c(F)cccc1OC. The van der Waals surface area contributed by atoms with Gasteiger partial charge in [0.1, 0.15) is 11.6 Å². The molecule has 2 atom stereocenters. The molecule has 0 fully saturated rings. The number of halogens is 1. The molecule has 1 aromatic rings. The van der Waals surface area contributed by atoms with Crippen molar-refractivity contribution in [2.45, 2.75) is 18.6 Å². The number of aliphatic hydroxyl groups is 2. The second-order valence-electron chi connectivity index (χ2n) is 5.03. The second kappa shape index (κ2) is 8.94. The number of hydrogen-bond acceptors (Lipinski definition) is 5. The lowest BCUT2D eigenvalue weighted by Crippen LogP contribution is -2.33. The van der Waals surface area contributed by atoms with Crippen LogP contribution in [0.5, 0.6) is 5.75 Å². The summed E-state index contributed by atoms with van der Waals surface area (Å²) in [7, 11) is 4.79. The molecule has 2 unspecified atom stereocenters. The molecule has 0 bridgehead atoms. The van der Waals surface area contributed by atoms with Gasteiger partial charge in [-0.15, -0.1) is 0 Å². The third-order valence-corrected chi connectivity index (χ3v) is 3.23. The zero-order valence-electron chi connectivity index (χ0n) is 12.8. The van der Waals surface area contributed by atoms with E-state index in [0.29, 0.717) is 25.3 Å². The van der Waals surface area contributed by atoms with Gasteiger partial charge < -0.3 is 24.6 Å². The maximum Gasteiger partial charge on any atom is 0.132 e. The number of likely N-dealkylation sites (N-methyl/N-ethyl adjacent to an activating group) is 1. The first-order valence-corrected chi connectivity index (χ1v) is 6.85. The molecule has 0 spiro atoms. The molecule has 0 aromatic heterocycles. The quantitative estimate of drug-likeness (QED) is 0.717. The monoisotopic (exact) mass is 301 g/mol. The molecule has 0 amide bonds. The minimum absolute atomic E-state index is 0.172. The highest BCUT2D eigenvalue weighted by Crippen LogP contribution is 2.29. The van der Waals surface area contributed by atoms with Crippen LogP contribution < -0.4 is 4.74 Å². The van der Waals surface area contributed by atoms with E-state index in [1.54, 1.807) is 6.07 Å². The Kier molecular flexibility index (Phi) is 7.60. The van der Waals surface area contributed by atoms with Crippen LogP contribution in [0.2, 0.25) is 0 Å². The van der Waals surface area contributed by atoms with Crippen molar-refractivity contribution in [2.24, 2.45) is 0 Å². The van der Waals surface area contributed by atoms with Crippen LogP contribution in [-0.2, 0) is 4.74 Å². The van der Waals surface area contributed by atoms with Crippen LogP contribution in [0.25, 0.3) is 0 Å². The number of benzene rings is 1. The Morgan fingerprint density at radius 3 is 2.62 bits per heavy atom. The van der Waals surface area contributed by atoms with Crippen molar-refractivity contribution < 1.29 is 24.1 Å².